The molecule has 8 heavy (non-hydrogen) atoms. The minimum absolute atomic E-state index is 0.690. The van der Waals surface area contributed by atoms with E-state index in [1.807, 2.05) is 0 Å². The van der Waals surface area contributed by atoms with E-state index in [1.165, 1.54) is 12.5 Å². The van der Waals surface area contributed by atoms with Crippen molar-refractivity contribution in [3.63, 3.8) is 0 Å². The average Bonchev–Trinajstić information content (AvgIpc) is 1.66. The number of hydrogen-bond acceptors (Lipinski definition) is 1. The molecule has 0 atom stereocenters. The molecule has 0 unspecified atom stereocenters. The first-order valence-corrected chi connectivity index (χ1v) is 7.05. The van der Waals surface area contributed by atoms with Crippen LogP contribution < -0.4 is 0 Å². The van der Waals surface area contributed by atoms with Crippen LogP contribution in [-0.4, -0.2) is 18.8 Å². The highest BCUT2D eigenvalue weighted by molar-refractivity contribution is 6.56. The van der Waals surface area contributed by atoms with Gasteiger partial charge in [-0.05, 0) is 19.1 Å². The Morgan fingerprint density at radius 2 is 2.12 bits per heavy atom. The van der Waals surface area contributed by atoms with Crippen molar-refractivity contribution in [2.24, 2.45) is 0 Å². The van der Waals surface area contributed by atoms with Crippen LogP contribution in [0.5, 0.6) is 0 Å². The van der Waals surface area contributed by atoms with E-state index >= 15 is 0 Å². The second-order valence-corrected chi connectivity index (χ2v) is 5.89. The topological polar surface area (TPSA) is 9.23 Å². The van der Waals surface area contributed by atoms with Crippen LogP contribution in [0.2, 0.25) is 19.1 Å². The van der Waals surface area contributed by atoms with Gasteiger partial charge in [0.2, 0.25) is 9.76 Å². The lowest BCUT2D eigenvalue weighted by molar-refractivity contribution is 0.618. The summed E-state index contributed by atoms with van der Waals surface area (Å²) in [4.78, 5) is 0. The first kappa shape index (κ1) is 8.39. The molecule has 1 nitrogen and oxygen atoms in total. The third-order valence-corrected chi connectivity index (χ3v) is 3.93. The Kier molecular flexibility index (Phi) is 5.80. The van der Waals surface area contributed by atoms with Crippen molar-refractivity contribution in [3.8, 4) is 0 Å². The lowest BCUT2D eigenvalue weighted by atomic mass is 10.6. The number of hydrogen-bond donors (Lipinski definition) is 0. The van der Waals surface area contributed by atoms with Crippen LogP contribution in [-0.2, 0) is 4.12 Å². The van der Waals surface area contributed by atoms with Gasteiger partial charge in [0, 0.05) is 0 Å². The molecule has 2 radical (unpaired) electrons. The standard InChI is InChI=1S/C5H14OSi2/c1-4-5-7-6-8(2)3/h8H,4-5H2,1-3H3. The molecule has 0 N–H and O–H groups in total. The molecule has 0 aromatic carbocycles. The molecule has 0 saturated carbocycles. The largest absolute Gasteiger partial charge is 0.459 e. The van der Waals surface area contributed by atoms with Gasteiger partial charge in [-0.1, -0.05) is 13.3 Å². The Morgan fingerprint density at radius 1 is 1.50 bits per heavy atom. The minimum atomic E-state index is -0.690. The fraction of sp³-hybridized carbons (Fsp3) is 1.00. The van der Waals surface area contributed by atoms with E-state index in [1.54, 1.807) is 0 Å². The van der Waals surface area contributed by atoms with Crippen LogP contribution in [0.1, 0.15) is 13.3 Å². The van der Waals surface area contributed by atoms with E-state index in [2.05, 4.69) is 20.0 Å². The molecule has 0 aliphatic heterocycles. The Labute approximate surface area is 56.1 Å². The monoisotopic (exact) mass is 146 g/mol. The van der Waals surface area contributed by atoms with E-state index < -0.39 is 9.04 Å². The van der Waals surface area contributed by atoms with Gasteiger partial charge in [-0.25, -0.2) is 0 Å². The highest BCUT2D eigenvalue weighted by Crippen LogP contribution is 1.88. The highest BCUT2D eigenvalue weighted by Gasteiger charge is 1.93. The normalized spacial score (nSPS) is 10.5. The maximum atomic E-state index is 5.45. The summed E-state index contributed by atoms with van der Waals surface area (Å²) in [6, 6.07) is 1.26. The third kappa shape index (κ3) is 6.39. The van der Waals surface area contributed by atoms with Crippen LogP contribution in [0.4, 0.5) is 0 Å². The second-order valence-electron chi connectivity index (χ2n) is 2.06. The summed E-state index contributed by atoms with van der Waals surface area (Å²) in [6.45, 7) is 6.61. The van der Waals surface area contributed by atoms with E-state index in [0.717, 1.165) is 9.76 Å². The molecule has 0 bridgehead atoms. The van der Waals surface area contributed by atoms with Crippen LogP contribution in [0.25, 0.3) is 0 Å². The lowest BCUT2D eigenvalue weighted by Crippen LogP contribution is -2.10. The van der Waals surface area contributed by atoms with Crippen LogP contribution in [0.3, 0.4) is 0 Å². The van der Waals surface area contributed by atoms with Crippen LogP contribution in [0.15, 0.2) is 0 Å². The van der Waals surface area contributed by atoms with Crippen molar-refractivity contribution in [1.82, 2.24) is 0 Å². The highest BCUT2D eigenvalue weighted by atomic mass is 28.3. The Bertz CT molecular complexity index is 47.7. The summed E-state index contributed by atoms with van der Waals surface area (Å²) >= 11 is 0. The Balaban J connectivity index is 2.72. The van der Waals surface area contributed by atoms with Crippen LogP contribution >= 0.6 is 0 Å². The van der Waals surface area contributed by atoms with Gasteiger partial charge in [-0.3, -0.25) is 0 Å². The zero-order valence-electron chi connectivity index (χ0n) is 5.90. The van der Waals surface area contributed by atoms with Crippen molar-refractivity contribution >= 4 is 18.8 Å². The summed E-state index contributed by atoms with van der Waals surface area (Å²) in [5, 5.41) is 0. The van der Waals surface area contributed by atoms with Gasteiger partial charge in [-0.15, -0.1) is 0 Å². The van der Waals surface area contributed by atoms with Gasteiger partial charge >= 0.3 is 0 Å². The van der Waals surface area contributed by atoms with Crippen molar-refractivity contribution < 1.29 is 4.12 Å². The maximum Gasteiger partial charge on any atom is 0.214 e. The average molecular weight is 146 g/mol. The number of rotatable bonds is 4. The van der Waals surface area contributed by atoms with E-state index in [-0.39, 0.29) is 0 Å². The lowest BCUT2D eigenvalue weighted by Gasteiger charge is -2.01. The SMILES string of the molecule is CCC[Si]O[SiH](C)C. The molecule has 0 heterocycles. The molecule has 0 fully saturated rings. The summed E-state index contributed by atoms with van der Waals surface area (Å²) in [5.74, 6) is 0. The van der Waals surface area contributed by atoms with Crippen molar-refractivity contribution in [3.05, 3.63) is 0 Å². The first-order valence-electron chi connectivity index (χ1n) is 3.16. The molecule has 3 heteroatoms. The summed E-state index contributed by atoms with van der Waals surface area (Å²) in [6.07, 6.45) is 1.26. The quantitative estimate of drug-likeness (QED) is 0.431. The fourth-order valence-electron chi connectivity index (χ4n) is 0.328. The van der Waals surface area contributed by atoms with Gasteiger partial charge in [0.25, 0.3) is 0 Å². The molecule has 0 aliphatic rings. The van der Waals surface area contributed by atoms with Gasteiger partial charge in [-0.2, -0.15) is 0 Å². The Hall–Kier alpha value is 0.394. The third-order valence-electron chi connectivity index (χ3n) is 0.671. The Morgan fingerprint density at radius 3 is 2.50 bits per heavy atom. The van der Waals surface area contributed by atoms with Gasteiger partial charge in [0.05, 0.1) is 0 Å². The molecule has 0 aromatic heterocycles. The van der Waals surface area contributed by atoms with Gasteiger partial charge < -0.3 is 4.12 Å². The molecular weight excluding hydrogens is 132 g/mol. The molecule has 0 saturated heterocycles. The molecular formula is C5H14OSi2. The molecule has 0 rings (SSSR count). The van der Waals surface area contributed by atoms with E-state index in [4.69, 9.17) is 4.12 Å². The second kappa shape index (κ2) is 5.53. The zero-order chi connectivity index (χ0) is 6.41. The first-order chi connectivity index (χ1) is 3.77. The van der Waals surface area contributed by atoms with Crippen LogP contribution in [0, 0.1) is 0 Å². The molecule has 0 amide bonds. The van der Waals surface area contributed by atoms with E-state index in [9.17, 15) is 0 Å². The summed E-state index contributed by atoms with van der Waals surface area (Å²) in [7, 11) is 0.0845. The molecule has 0 aliphatic carbocycles. The van der Waals surface area contributed by atoms with Crippen molar-refractivity contribution in [1.29, 1.82) is 0 Å². The van der Waals surface area contributed by atoms with Crippen molar-refractivity contribution in [2.75, 3.05) is 0 Å². The smallest absolute Gasteiger partial charge is 0.214 e. The predicted octanol–water partition coefficient (Wildman–Crippen LogP) is 1.43. The molecule has 0 spiro atoms. The van der Waals surface area contributed by atoms with Gasteiger partial charge in [0.15, 0.2) is 9.04 Å². The maximum absolute atomic E-state index is 5.45. The minimum Gasteiger partial charge on any atom is -0.459 e. The zero-order valence-corrected chi connectivity index (χ0v) is 8.05. The fourth-order valence-corrected chi connectivity index (χ4v) is 2.34. The van der Waals surface area contributed by atoms with Gasteiger partial charge in [0.1, 0.15) is 0 Å². The predicted molar refractivity (Wildman–Crippen MR) is 40.8 cm³/mol. The summed E-state index contributed by atoms with van der Waals surface area (Å²) < 4.78 is 5.45. The van der Waals surface area contributed by atoms with Crippen molar-refractivity contribution in [2.45, 2.75) is 32.5 Å². The van der Waals surface area contributed by atoms with E-state index in [0.29, 0.717) is 0 Å². The molecule has 48 valence electrons. The summed E-state index contributed by atoms with van der Waals surface area (Å²) in [5.41, 5.74) is 0. The molecule has 0 aromatic rings.